The fraction of sp³-hybridized carbons (Fsp3) is 0.0714. The van der Waals surface area contributed by atoms with Crippen LogP contribution in [0.25, 0.3) is 0 Å². The van der Waals surface area contributed by atoms with Gasteiger partial charge in [0.05, 0.1) is 5.69 Å². The van der Waals surface area contributed by atoms with Gasteiger partial charge in [-0.3, -0.25) is 4.79 Å². The Morgan fingerprint density at radius 3 is 2.37 bits per heavy atom. The highest BCUT2D eigenvalue weighted by molar-refractivity contribution is 7.98. The van der Waals surface area contributed by atoms with E-state index in [1.807, 2.05) is 24.5 Å². The third-order valence-electron chi connectivity index (χ3n) is 2.52. The van der Waals surface area contributed by atoms with Crippen LogP contribution in [0.1, 0.15) is 10.4 Å². The first-order valence-corrected chi connectivity index (χ1v) is 6.80. The number of rotatable bonds is 3. The quantitative estimate of drug-likeness (QED) is 0.753. The Morgan fingerprint density at radius 2 is 1.74 bits per heavy atom. The summed E-state index contributed by atoms with van der Waals surface area (Å²) >= 11 is 1.53. The third kappa shape index (κ3) is 3.20. The second-order valence-corrected chi connectivity index (χ2v) is 4.74. The molecule has 2 aromatic carbocycles. The molecule has 0 aliphatic rings. The molecule has 0 fully saturated rings. The highest BCUT2D eigenvalue weighted by Crippen LogP contribution is 2.26. The topological polar surface area (TPSA) is 69.6 Å². The van der Waals surface area contributed by atoms with Gasteiger partial charge in [-0.05, 0) is 30.5 Å². The molecule has 0 heterocycles. The minimum Gasteiger partial charge on any atom is -0.508 e. The maximum Gasteiger partial charge on any atom is 0.255 e. The van der Waals surface area contributed by atoms with Gasteiger partial charge in [-0.15, -0.1) is 11.8 Å². The van der Waals surface area contributed by atoms with Crippen molar-refractivity contribution < 1.29 is 15.0 Å². The summed E-state index contributed by atoms with van der Waals surface area (Å²) in [4.78, 5) is 13.0. The average Bonchev–Trinajstić information content (AvgIpc) is 2.38. The zero-order chi connectivity index (χ0) is 13.8. The number of thioether (sulfide) groups is 1. The number of para-hydroxylation sites is 1. The first-order chi connectivity index (χ1) is 9.10. The Bertz CT molecular complexity index is 593. The molecule has 4 nitrogen and oxygen atoms in total. The Kier molecular flexibility index (Phi) is 3.97. The van der Waals surface area contributed by atoms with Crippen LogP contribution in [0, 0.1) is 0 Å². The van der Waals surface area contributed by atoms with Crippen molar-refractivity contribution in [3.63, 3.8) is 0 Å². The van der Waals surface area contributed by atoms with Crippen LogP contribution in [0.3, 0.4) is 0 Å². The molecule has 0 bridgehead atoms. The van der Waals surface area contributed by atoms with Gasteiger partial charge < -0.3 is 15.5 Å². The Labute approximate surface area is 115 Å². The molecule has 3 N–H and O–H groups in total. The van der Waals surface area contributed by atoms with Crippen LogP contribution in [-0.2, 0) is 0 Å². The van der Waals surface area contributed by atoms with Crippen LogP contribution < -0.4 is 5.32 Å². The normalized spacial score (nSPS) is 10.2. The van der Waals surface area contributed by atoms with Gasteiger partial charge in [0.25, 0.3) is 5.91 Å². The largest absolute Gasteiger partial charge is 0.508 e. The van der Waals surface area contributed by atoms with Crippen LogP contribution >= 0.6 is 11.8 Å². The molecular weight excluding hydrogens is 262 g/mol. The predicted molar refractivity (Wildman–Crippen MR) is 75.9 cm³/mol. The van der Waals surface area contributed by atoms with Crippen molar-refractivity contribution >= 4 is 23.4 Å². The summed E-state index contributed by atoms with van der Waals surface area (Å²) in [5, 5.41) is 21.5. The number of carbonyl (C=O) groups is 1. The molecule has 0 aliphatic heterocycles. The molecule has 2 aromatic rings. The zero-order valence-corrected chi connectivity index (χ0v) is 11.1. The van der Waals surface area contributed by atoms with Crippen LogP contribution in [0.15, 0.2) is 47.4 Å². The summed E-state index contributed by atoms with van der Waals surface area (Å²) in [6.07, 6.45) is 1.92. The van der Waals surface area contributed by atoms with E-state index in [1.165, 1.54) is 30.0 Å². The molecule has 19 heavy (non-hydrogen) atoms. The molecule has 5 heteroatoms. The van der Waals surface area contributed by atoms with Gasteiger partial charge >= 0.3 is 0 Å². The Hall–Kier alpha value is -2.14. The Morgan fingerprint density at radius 1 is 1.11 bits per heavy atom. The van der Waals surface area contributed by atoms with E-state index in [0.717, 1.165) is 4.90 Å². The monoisotopic (exact) mass is 275 g/mol. The standard InChI is InChI=1S/C14H13NO3S/c1-19-13-5-3-2-4-12(13)15-14(18)9-6-10(16)8-11(17)7-9/h2-8,16-17H,1H3,(H,15,18). The van der Waals surface area contributed by atoms with Crippen molar-refractivity contribution in [2.24, 2.45) is 0 Å². The van der Waals surface area contributed by atoms with Crippen LogP contribution in [0.4, 0.5) is 5.69 Å². The van der Waals surface area contributed by atoms with E-state index in [0.29, 0.717) is 5.69 Å². The molecule has 0 spiro atoms. The van der Waals surface area contributed by atoms with Gasteiger partial charge in [0.15, 0.2) is 0 Å². The summed E-state index contributed by atoms with van der Waals surface area (Å²) in [6, 6.07) is 11.2. The average molecular weight is 275 g/mol. The first-order valence-electron chi connectivity index (χ1n) is 5.57. The smallest absolute Gasteiger partial charge is 0.255 e. The molecule has 2 rings (SSSR count). The van der Waals surface area contributed by atoms with Crippen molar-refractivity contribution in [2.75, 3.05) is 11.6 Å². The van der Waals surface area contributed by atoms with E-state index in [9.17, 15) is 15.0 Å². The van der Waals surface area contributed by atoms with Crippen molar-refractivity contribution in [3.05, 3.63) is 48.0 Å². The van der Waals surface area contributed by atoms with Crippen molar-refractivity contribution in [2.45, 2.75) is 4.90 Å². The fourth-order valence-corrected chi connectivity index (χ4v) is 2.22. The number of amides is 1. The van der Waals surface area contributed by atoms with E-state index < -0.39 is 0 Å². The molecule has 0 atom stereocenters. The summed E-state index contributed by atoms with van der Waals surface area (Å²) in [6.45, 7) is 0. The lowest BCUT2D eigenvalue weighted by atomic mass is 10.2. The van der Waals surface area contributed by atoms with Gasteiger partial charge in [0.1, 0.15) is 11.5 Å². The molecule has 0 saturated heterocycles. The van der Waals surface area contributed by atoms with Gasteiger partial charge in [0.2, 0.25) is 0 Å². The van der Waals surface area contributed by atoms with Crippen LogP contribution in [0.5, 0.6) is 11.5 Å². The number of benzene rings is 2. The second kappa shape index (κ2) is 5.67. The number of nitrogens with one attached hydrogen (secondary N) is 1. The lowest BCUT2D eigenvalue weighted by molar-refractivity contribution is 0.102. The van der Waals surface area contributed by atoms with Gasteiger partial charge in [-0.25, -0.2) is 0 Å². The number of hydrogen-bond donors (Lipinski definition) is 3. The maximum atomic E-state index is 12.0. The molecule has 98 valence electrons. The lowest BCUT2D eigenvalue weighted by Gasteiger charge is -2.09. The molecule has 0 unspecified atom stereocenters. The van der Waals surface area contributed by atoms with E-state index >= 15 is 0 Å². The minimum absolute atomic E-state index is 0.150. The van der Waals surface area contributed by atoms with E-state index in [1.54, 1.807) is 6.07 Å². The van der Waals surface area contributed by atoms with Crippen molar-refractivity contribution in [3.8, 4) is 11.5 Å². The maximum absolute atomic E-state index is 12.0. The Balaban J connectivity index is 2.25. The summed E-state index contributed by atoms with van der Waals surface area (Å²) in [7, 11) is 0. The highest BCUT2D eigenvalue weighted by Gasteiger charge is 2.10. The molecule has 0 aromatic heterocycles. The van der Waals surface area contributed by atoms with Gasteiger partial charge in [-0.2, -0.15) is 0 Å². The number of anilines is 1. The first kappa shape index (κ1) is 13.3. The van der Waals surface area contributed by atoms with Crippen molar-refractivity contribution in [1.82, 2.24) is 0 Å². The molecule has 0 aliphatic carbocycles. The van der Waals surface area contributed by atoms with E-state index in [-0.39, 0.29) is 23.0 Å². The molecule has 1 amide bonds. The summed E-state index contributed by atoms with van der Waals surface area (Å²) in [5.74, 6) is -0.681. The molecule has 0 saturated carbocycles. The van der Waals surface area contributed by atoms with E-state index in [2.05, 4.69) is 5.32 Å². The fourth-order valence-electron chi connectivity index (χ4n) is 1.67. The molecular formula is C14H13NO3S. The molecule has 0 radical (unpaired) electrons. The number of phenolic OH excluding ortho intramolecular Hbond substituents is 2. The number of aromatic hydroxyl groups is 2. The highest BCUT2D eigenvalue weighted by atomic mass is 32.2. The van der Waals surface area contributed by atoms with Crippen LogP contribution in [0.2, 0.25) is 0 Å². The SMILES string of the molecule is CSc1ccccc1NC(=O)c1cc(O)cc(O)c1. The van der Waals surface area contributed by atoms with Gasteiger partial charge in [-0.1, -0.05) is 12.1 Å². The van der Waals surface area contributed by atoms with Crippen molar-refractivity contribution in [1.29, 1.82) is 0 Å². The summed E-state index contributed by atoms with van der Waals surface area (Å²) in [5.41, 5.74) is 0.899. The minimum atomic E-state index is -0.382. The predicted octanol–water partition coefficient (Wildman–Crippen LogP) is 3.07. The van der Waals surface area contributed by atoms with Gasteiger partial charge in [0, 0.05) is 16.5 Å². The lowest BCUT2D eigenvalue weighted by Crippen LogP contribution is -2.12. The second-order valence-electron chi connectivity index (χ2n) is 3.89. The number of phenols is 2. The number of hydrogen-bond acceptors (Lipinski definition) is 4. The van der Waals surface area contributed by atoms with E-state index in [4.69, 9.17) is 0 Å². The number of carbonyl (C=O) groups excluding carboxylic acids is 1. The third-order valence-corrected chi connectivity index (χ3v) is 3.32. The summed E-state index contributed by atoms with van der Waals surface area (Å²) < 4.78 is 0. The zero-order valence-electron chi connectivity index (χ0n) is 10.3. The van der Waals surface area contributed by atoms with Crippen LogP contribution in [-0.4, -0.2) is 22.4 Å².